The Kier molecular flexibility index (Phi) is 4.59. The van der Waals surface area contributed by atoms with Crippen molar-refractivity contribution in [3.8, 4) is 0 Å². The molecule has 21 heavy (non-hydrogen) atoms. The summed E-state index contributed by atoms with van der Waals surface area (Å²) in [6.45, 7) is 3.07. The van der Waals surface area contributed by atoms with E-state index in [4.69, 9.17) is 16.7 Å². The molecule has 1 heterocycles. The van der Waals surface area contributed by atoms with E-state index in [2.05, 4.69) is 14.1 Å². The minimum absolute atomic E-state index is 0.271. The normalized spacial score (nSPS) is 10.9. The first-order chi connectivity index (χ1) is 9.90. The molecule has 0 aliphatic rings. The number of rotatable bonds is 4. The van der Waals surface area contributed by atoms with Crippen LogP contribution in [0.4, 0.5) is 10.5 Å². The Morgan fingerprint density at radius 2 is 2.14 bits per heavy atom. The molecule has 9 heteroatoms. The van der Waals surface area contributed by atoms with E-state index in [0.717, 1.165) is 11.7 Å². The number of hydrogen-bond donors (Lipinski definition) is 2. The first kappa shape index (κ1) is 15.5. The molecule has 0 atom stereocenters. The summed E-state index contributed by atoms with van der Waals surface area (Å²) < 4.78 is 8.16. The summed E-state index contributed by atoms with van der Waals surface area (Å²) in [6, 6.07) is 2.49. The summed E-state index contributed by atoms with van der Waals surface area (Å²) in [7, 11) is 0. The number of urea groups is 1. The highest BCUT2D eigenvalue weighted by Gasteiger charge is 2.22. The van der Waals surface area contributed by atoms with Crippen LogP contribution in [0, 0.1) is 0 Å². The molecule has 0 saturated carbocycles. The van der Waals surface area contributed by atoms with Crippen LogP contribution in [0.2, 0.25) is 5.02 Å². The molecule has 1 aromatic carbocycles. The summed E-state index contributed by atoms with van der Waals surface area (Å²) in [5.41, 5.74) is 1.44. The minimum Gasteiger partial charge on any atom is -0.480 e. The lowest BCUT2D eigenvalue weighted by atomic mass is 10.2. The largest absolute Gasteiger partial charge is 0.480 e. The maximum atomic E-state index is 12.3. The van der Waals surface area contributed by atoms with Crippen molar-refractivity contribution in [3.63, 3.8) is 0 Å². The van der Waals surface area contributed by atoms with E-state index in [9.17, 15) is 9.59 Å². The van der Waals surface area contributed by atoms with Crippen LogP contribution in [0.5, 0.6) is 0 Å². The van der Waals surface area contributed by atoms with Crippen LogP contribution in [0.3, 0.4) is 0 Å². The van der Waals surface area contributed by atoms with E-state index >= 15 is 0 Å². The SMILES string of the molecule is CC(C)N(CC(=O)O)C(=O)Nc1c(Cl)ccc2nsnc12. The van der Waals surface area contributed by atoms with E-state index in [1.165, 1.54) is 4.90 Å². The molecule has 0 saturated heterocycles. The summed E-state index contributed by atoms with van der Waals surface area (Å²) in [4.78, 5) is 24.3. The van der Waals surface area contributed by atoms with E-state index in [1.807, 2.05) is 0 Å². The van der Waals surface area contributed by atoms with Crippen molar-refractivity contribution in [2.45, 2.75) is 19.9 Å². The summed E-state index contributed by atoms with van der Waals surface area (Å²) in [5, 5.41) is 11.8. The molecule has 0 radical (unpaired) electrons. The van der Waals surface area contributed by atoms with Gasteiger partial charge < -0.3 is 15.3 Å². The number of carbonyl (C=O) groups is 2. The summed E-state index contributed by atoms with van der Waals surface area (Å²) in [6.07, 6.45) is 0. The topological polar surface area (TPSA) is 95.4 Å². The molecule has 2 rings (SSSR count). The van der Waals surface area contributed by atoms with E-state index in [1.54, 1.807) is 26.0 Å². The van der Waals surface area contributed by atoms with Gasteiger partial charge in [0.1, 0.15) is 17.6 Å². The molecule has 0 bridgehead atoms. The molecule has 2 aromatic rings. The zero-order valence-corrected chi connectivity index (χ0v) is 12.9. The lowest BCUT2D eigenvalue weighted by molar-refractivity contribution is -0.137. The van der Waals surface area contributed by atoms with Crippen LogP contribution >= 0.6 is 23.3 Å². The molecule has 0 unspecified atom stereocenters. The van der Waals surface area contributed by atoms with Crippen molar-refractivity contribution in [2.24, 2.45) is 0 Å². The van der Waals surface area contributed by atoms with Gasteiger partial charge in [0.2, 0.25) is 0 Å². The third-order valence-electron chi connectivity index (χ3n) is 2.80. The summed E-state index contributed by atoms with van der Waals surface area (Å²) >= 11 is 7.09. The Balaban J connectivity index is 2.30. The third kappa shape index (κ3) is 3.40. The van der Waals surface area contributed by atoms with Crippen LogP contribution in [0.1, 0.15) is 13.8 Å². The number of hydrogen-bond acceptors (Lipinski definition) is 5. The van der Waals surface area contributed by atoms with Crippen molar-refractivity contribution in [3.05, 3.63) is 17.2 Å². The molecule has 2 amide bonds. The van der Waals surface area contributed by atoms with Crippen molar-refractivity contribution < 1.29 is 14.7 Å². The molecular weight excluding hydrogens is 316 g/mol. The van der Waals surface area contributed by atoms with Gasteiger partial charge in [0.15, 0.2) is 0 Å². The molecule has 0 aliphatic heterocycles. The van der Waals surface area contributed by atoms with E-state index in [0.29, 0.717) is 21.7 Å². The van der Waals surface area contributed by atoms with Gasteiger partial charge in [-0.2, -0.15) is 8.75 Å². The fourth-order valence-electron chi connectivity index (χ4n) is 1.76. The molecule has 0 fully saturated rings. The van der Waals surface area contributed by atoms with Gasteiger partial charge in [0.25, 0.3) is 0 Å². The van der Waals surface area contributed by atoms with E-state index < -0.39 is 18.5 Å². The highest BCUT2D eigenvalue weighted by Crippen LogP contribution is 2.30. The quantitative estimate of drug-likeness (QED) is 0.899. The number of carboxylic acid groups (broad SMARTS) is 1. The zero-order chi connectivity index (χ0) is 15.6. The molecule has 2 N–H and O–H groups in total. The van der Waals surface area contributed by atoms with Crippen molar-refractivity contribution >= 4 is 52.1 Å². The van der Waals surface area contributed by atoms with Gasteiger partial charge in [-0.15, -0.1) is 0 Å². The number of nitrogens with one attached hydrogen (secondary N) is 1. The number of benzene rings is 1. The lowest BCUT2D eigenvalue weighted by Crippen LogP contribution is -2.43. The second-order valence-electron chi connectivity index (χ2n) is 4.60. The molecule has 1 aromatic heterocycles. The maximum Gasteiger partial charge on any atom is 0.323 e. The number of aromatic nitrogens is 2. The zero-order valence-electron chi connectivity index (χ0n) is 11.3. The average Bonchev–Trinajstić information content (AvgIpc) is 2.87. The second kappa shape index (κ2) is 6.23. The molecule has 7 nitrogen and oxygen atoms in total. The van der Waals surface area contributed by atoms with Gasteiger partial charge in [-0.3, -0.25) is 4.79 Å². The molecule has 0 spiro atoms. The van der Waals surface area contributed by atoms with Gasteiger partial charge in [-0.05, 0) is 26.0 Å². The van der Waals surface area contributed by atoms with Crippen LogP contribution in [-0.2, 0) is 4.79 Å². The Morgan fingerprint density at radius 3 is 2.76 bits per heavy atom. The molecular formula is C12H13ClN4O3S. The number of amides is 2. The second-order valence-corrected chi connectivity index (χ2v) is 5.54. The monoisotopic (exact) mass is 328 g/mol. The number of carbonyl (C=O) groups excluding carboxylic acids is 1. The van der Waals surface area contributed by atoms with Crippen LogP contribution in [0.25, 0.3) is 11.0 Å². The number of fused-ring (bicyclic) bond motifs is 1. The number of halogens is 1. The Labute approximate surface area is 129 Å². The fraction of sp³-hybridized carbons (Fsp3) is 0.333. The number of carboxylic acids is 1. The van der Waals surface area contributed by atoms with Crippen LogP contribution in [-0.4, -0.2) is 43.3 Å². The first-order valence-electron chi connectivity index (χ1n) is 6.10. The standard InChI is InChI=1S/C12H13ClN4O3S/c1-6(2)17(5-9(18)19)12(20)14-10-7(13)3-4-8-11(10)16-21-15-8/h3-4,6H,5H2,1-2H3,(H,14,20)(H,18,19). The van der Waals surface area contributed by atoms with Crippen molar-refractivity contribution in [1.82, 2.24) is 13.6 Å². The van der Waals surface area contributed by atoms with Crippen molar-refractivity contribution in [1.29, 1.82) is 0 Å². The van der Waals surface area contributed by atoms with Gasteiger partial charge in [0.05, 0.1) is 22.4 Å². The number of anilines is 1. The van der Waals surface area contributed by atoms with Crippen LogP contribution in [0.15, 0.2) is 12.1 Å². The number of aliphatic carboxylic acids is 1. The Morgan fingerprint density at radius 1 is 1.43 bits per heavy atom. The van der Waals surface area contributed by atoms with Gasteiger partial charge in [0, 0.05) is 6.04 Å². The minimum atomic E-state index is -1.08. The molecule has 0 aliphatic carbocycles. The highest BCUT2D eigenvalue weighted by atomic mass is 35.5. The predicted octanol–water partition coefficient (Wildman–Crippen LogP) is 2.67. The van der Waals surface area contributed by atoms with Gasteiger partial charge in [-0.25, -0.2) is 4.79 Å². The van der Waals surface area contributed by atoms with Gasteiger partial charge in [-0.1, -0.05) is 11.6 Å². The van der Waals surface area contributed by atoms with Crippen LogP contribution < -0.4 is 5.32 Å². The maximum absolute atomic E-state index is 12.3. The Bertz CT molecular complexity index is 688. The smallest absolute Gasteiger partial charge is 0.323 e. The third-order valence-corrected chi connectivity index (χ3v) is 3.66. The summed E-state index contributed by atoms with van der Waals surface area (Å²) in [5.74, 6) is -1.08. The fourth-order valence-corrected chi connectivity index (χ4v) is 2.50. The van der Waals surface area contributed by atoms with Crippen molar-refractivity contribution in [2.75, 3.05) is 11.9 Å². The lowest BCUT2D eigenvalue weighted by Gasteiger charge is -2.25. The first-order valence-corrected chi connectivity index (χ1v) is 7.21. The van der Waals surface area contributed by atoms with Gasteiger partial charge >= 0.3 is 12.0 Å². The number of nitrogens with zero attached hydrogens (tertiary/aromatic N) is 3. The highest BCUT2D eigenvalue weighted by molar-refractivity contribution is 7.00. The Hall–Kier alpha value is -1.93. The molecule has 112 valence electrons. The predicted molar refractivity (Wildman–Crippen MR) is 80.9 cm³/mol. The van der Waals surface area contributed by atoms with E-state index in [-0.39, 0.29) is 6.04 Å². The average molecular weight is 329 g/mol.